The van der Waals surface area contributed by atoms with Gasteiger partial charge in [0.25, 0.3) is 0 Å². The van der Waals surface area contributed by atoms with Crippen molar-refractivity contribution >= 4 is 17.4 Å². The fourth-order valence-electron chi connectivity index (χ4n) is 3.01. The Hall–Kier alpha value is -1.86. The maximum absolute atomic E-state index is 12.4. The molecule has 25 heavy (non-hydrogen) atoms. The molecule has 0 radical (unpaired) electrons. The number of hydrogen-bond acceptors (Lipinski definition) is 5. The topological polar surface area (TPSA) is 61.6 Å². The van der Waals surface area contributed by atoms with Crippen LogP contribution in [-0.2, 0) is 13.0 Å². The second-order valence-corrected chi connectivity index (χ2v) is 7.65. The van der Waals surface area contributed by atoms with Gasteiger partial charge in [0.15, 0.2) is 0 Å². The molecule has 7 heteroatoms. The number of thiazole rings is 1. The van der Waals surface area contributed by atoms with Crippen LogP contribution in [0.25, 0.3) is 0 Å². The van der Waals surface area contributed by atoms with Gasteiger partial charge >= 0.3 is 6.03 Å². The SMILES string of the molecule is Cc1nc(CN2CCN(C(=O)NC(C)CCc3ccco3)CC2)cs1. The first-order chi connectivity index (χ1) is 12.1. The molecule has 1 atom stereocenters. The molecule has 2 amide bonds. The first-order valence-electron chi connectivity index (χ1n) is 8.81. The molecule has 0 bridgehead atoms. The lowest BCUT2D eigenvalue weighted by molar-refractivity contribution is 0.132. The molecule has 3 rings (SSSR count). The molecule has 0 aliphatic carbocycles. The molecular formula is C18H26N4O2S. The van der Waals surface area contributed by atoms with Crippen LogP contribution in [0.4, 0.5) is 4.79 Å². The van der Waals surface area contributed by atoms with Crippen LogP contribution in [0.1, 0.15) is 29.8 Å². The zero-order valence-corrected chi connectivity index (χ0v) is 15.7. The van der Waals surface area contributed by atoms with E-state index >= 15 is 0 Å². The Kier molecular flexibility index (Phi) is 6.09. The van der Waals surface area contributed by atoms with Gasteiger partial charge in [0, 0.05) is 50.6 Å². The zero-order valence-electron chi connectivity index (χ0n) is 14.9. The number of furan rings is 1. The molecule has 1 fully saturated rings. The number of hydrogen-bond donors (Lipinski definition) is 1. The molecule has 3 heterocycles. The number of rotatable bonds is 6. The van der Waals surface area contributed by atoms with Crippen LogP contribution < -0.4 is 5.32 Å². The Bertz CT molecular complexity index is 662. The first kappa shape index (κ1) is 17.9. The lowest BCUT2D eigenvalue weighted by Crippen LogP contribution is -2.52. The normalized spacial score (nSPS) is 16.8. The van der Waals surface area contributed by atoms with Gasteiger partial charge in [0.1, 0.15) is 5.76 Å². The summed E-state index contributed by atoms with van der Waals surface area (Å²) in [5, 5.41) is 6.32. The summed E-state index contributed by atoms with van der Waals surface area (Å²) in [6, 6.07) is 4.03. The number of amides is 2. The molecule has 1 aliphatic rings. The quantitative estimate of drug-likeness (QED) is 0.858. The van der Waals surface area contributed by atoms with Crippen molar-refractivity contribution in [1.29, 1.82) is 0 Å². The van der Waals surface area contributed by atoms with Crippen molar-refractivity contribution in [3.05, 3.63) is 40.2 Å². The average Bonchev–Trinajstić information content (AvgIpc) is 3.25. The maximum atomic E-state index is 12.4. The van der Waals surface area contributed by atoms with Crippen LogP contribution in [0.3, 0.4) is 0 Å². The number of carbonyl (C=O) groups is 1. The highest BCUT2D eigenvalue weighted by Crippen LogP contribution is 2.12. The van der Waals surface area contributed by atoms with Crippen LogP contribution in [0.5, 0.6) is 0 Å². The maximum Gasteiger partial charge on any atom is 0.317 e. The van der Waals surface area contributed by atoms with Gasteiger partial charge < -0.3 is 14.6 Å². The summed E-state index contributed by atoms with van der Waals surface area (Å²) in [4.78, 5) is 21.2. The molecule has 0 saturated carbocycles. The van der Waals surface area contributed by atoms with Gasteiger partial charge in [-0.25, -0.2) is 9.78 Å². The molecular weight excluding hydrogens is 336 g/mol. The highest BCUT2D eigenvalue weighted by Gasteiger charge is 2.22. The average molecular weight is 362 g/mol. The number of nitrogens with zero attached hydrogens (tertiary/aromatic N) is 3. The molecule has 1 saturated heterocycles. The van der Waals surface area contributed by atoms with Gasteiger partial charge in [-0.05, 0) is 32.4 Å². The summed E-state index contributed by atoms with van der Waals surface area (Å²) in [7, 11) is 0. The lowest BCUT2D eigenvalue weighted by Gasteiger charge is -2.35. The van der Waals surface area contributed by atoms with E-state index in [-0.39, 0.29) is 12.1 Å². The summed E-state index contributed by atoms with van der Waals surface area (Å²) in [5.74, 6) is 0.965. The fourth-order valence-corrected chi connectivity index (χ4v) is 3.61. The van der Waals surface area contributed by atoms with Crippen LogP contribution >= 0.6 is 11.3 Å². The minimum atomic E-state index is 0.0381. The van der Waals surface area contributed by atoms with Crippen LogP contribution in [-0.4, -0.2) is 53.0 Å². The Balaban J connectivity index is 1.37. The third-order valence-electron chi connectivity index (χ3n) is 4.49. The summed E-state index contributed by atoms with van der Waals surface area (Å²) in [6.45, 7) is 8.26. The highest BCUT2D eigenvalue weighted by molar-refractivity contribution is 7.09. The lowest BCUT2D eigenvalue weighted by atomic mass is 10.1. The molecule has 1 unspecified atom stereocenters. The molecule has 6 nitrogen and oxygen atoms in total. The van der Waals surface area contributed by atoms with Crippen molar-refractivity contribution < 1.29 is 9.21 Å². The van der Waals surface area contributed by atoms with E-state index in [2.05, 4.69) is 20.6 Å². The van der Waals surface area contributed by atoms with E-state index in [4.69, 9.17) is 4.42 Å². The van der Waals surface area contributed by atoms with E-state index in [1.807, 2.05) is 30.9 Å². The third kappa shape index (κ3) is 5.31. The predicted octanol–water partition coefficient (Wildman–Crippen LogP) is 2.89. The monoisotopic (exact) mass is 362 g/mol. The summed E-state index contributed by atoms with van der Waals surface area (Å²) < 4.78 is 5.33. The van der Waals surface area contributed by atoms with Crippen molar-refractivity contribution in [1.82, 2.24) is 20.1 Å². The van der Waals surface area contributed by atoms with Gasteiger partial charge in [0.2, 0.25) is 0 Å². The Morgan fingerprint density at radius 3 is 2.84 bits per heavy atom. The van der Waals surface area contributed by atoms with E-state index in [9.17, 15) is 4.79 Å². The molecule has 1 N–H and O–H groups in total. The van der Waals surface area contributed by atoms with E-state index < -0.39 is 0 Å². The van der Waals surface area contributed by atoms with Crippen molar-refractivity contribution in [3.8, 4) is 0 Å². The molecule has 2 aromatic rings. The van der Waals surface area contributed by atoms with E-state index in [0.717, 1.165) is 62.0 Å². The zero-order chi connectivity index (χ0) is 17.6. The number of carbonyl (C=O) groups excluding carboxylic acids is 1. The molecule has 0 aromatic carbocycles. The van der Waals surface area contributed by atoms with E-state index in [1.165, 1.54) is 0 Å². The van der Waals surface area contributed by atoms with Crippen molar-refractivity contribution in [3.63, 3.8) is 0 Å². The summed E-state index contributed by atoms with van der Waals surface area (Å²) in [6.07, 6.45) is 3.41. The smallest absolute Gasteiger partial charge is 0.317 e. The van der Waals surface area contributed by atoms with Crippen LogP contribution in [0.2, 0.25) is 0 Å². The highest BCUT2D eigenvalue weighted by atomic mass is 32.1. The summed E-state index contributed by atoms with van der Waals surface area (Å²) in [5.41, 5.74) is 1.13. The Morgan fingerprint density at radius 1 is 1.40 bits per heavy atom. The van der Waals surface area contributed by atoms with Crippen LogP contribution in [0.15, 0.2) is 28.2 Å². The molecule has 0 spiro atoms. The van der Waals surface area contributed by atoms with Crippen molar-refractivity contribution in [2.24, 2.45) is 0 Å². The van der Waals surface area contributed by atoms with Gasteiger partial charge in [-0.3, -0.25) is 4.90 Å². The minimum absolute atomic E-state index is 0.0381. The van der Waals surface area contributed by atoms with Gasteiger partial charge in [-0.1, -0.05) is 0 Å². The number of aromatic nitrogens is 1. The van der Waals surface area contributed by atoms with Crippen molar-refractivity contribution in [2.45, 2.75) is 39.3 Å². The molecule has 2 aromatic heterocycles. The fraction of sp³-hybridized carbons (Fsp3) is 0.556. The Labute approximate surface area is 152 Å². The van der Waals surface area contributed by atoms with Gasteiger partial charge in [0.05, 0.1) is 17.0 Å². The summed E-state index contributed by atoms with van der Waals surface area (Å²) >= 11 is 1.69. The third-order valence-corrected chi connectivity index (χ3v) is 5.31. The number of urea groups is 1. The second kappa shape index (κ2) is 8.49. The minimum Gasteiger partial charge on any atom is -0.469 e. The number of nitrogens with one attached hydrogen (secondary N) is 1. The molecule has 1 aliphatic heterocycles. The van der Waals surface area contributed by atoms with Gasteiger partial charge in [-0.15, -0.1) is 11.3 Å². The Morgan fingerprint density at radius 2 is 2.20 bits per heavy atom. The van der Waals surface area contributed by atoms with Crippen molar-refractivity contribution in [2.75, 3.05) is 26.2 Å². The second-order valence-electron chi connectivity index (χ2n) is 6.59. The standard InChI is InChI=1S/C18H26N4O2S/c1-14(5-6-17-4-3-11-24-17)19-18(23)22-9-7-21(8-10-22)12-16-13-25-15(2)20-16/h3-4,11,13-14H,5-10,12H2,1-2H3,(H,19,23). The van der Waals surface area contributed by atoms with Crippen LogP contribution in [0, 0.1) is 6.92 Å². The molecule has 136 valence electrons. The number of piperazine rings is 1. The van der Waals surface area contributed by atoms with Gasteiger partial charge in [-0.2, -0.15) is 0 Å². The van der Waals surface area contributed by atoms with E-state index in [0.29, 0.717) is 0 Å². The largest absolute Gasteiger partial charge is 0.469 e. The number of aryl methyl sites for hydroxylation is 2. The first-order valence-corrected chi connectivity index (χ1v) is 9.69. The predicted molar refractivity (Wildman–Crippen MR) is 98.7 cm³/mol. The van der Waals surface area contributed by atoms with E-state index in [1.54, 1.807) is 17.6 Å².